The fraction of sp³-hybridized carbons (Fsp3) is 0.500. The van der Waals surface area contributed by atoms with Crippen molar-refractivity contribution in [2.45, 2.75) is 43.1 Å². The molecule has 1 aliphatic heterocycles. The molecule has 1 fully saturated rings. The molecule has 1 aromatic rings. The van der Waals surface area contributed by atoms with Crippen LogP contribution >= 0.6 is 11.8 Å². The molecule has 2 rings (SSSR count). The summed E-state index contributed by atoms with van der Waals surface area (Å²) in [5, 5.41) is 9.07. The highest BCUT2D eigenvalue weighted by atomic mass is 32.2. The van der Waals surface area contributed by atoms with Crippen molar-refractivity contribution in [2.24, 2.45) is 0 Å². The summed E-state index contributed by atoms with van der Waals surface area (Å²) in [4.78, 5) is 39.0. The topological polar surface area (TPSA) is 87.2 Å². The van der Waals surface area contributed by atoms with E-state index >= 15 is 0 Å². The molecule has 1 N–H and O–H groups in total. The van der Waals surface area contributed by atoms with Crippen molar-refractivity contribution < 1.29 is 24.2 Å². The van der Waals surface area contributed by atoms with E-state index in [-0.39, 0.29) is 13.1 Å². The number of rotatable bonds is 4. The highest BCUT2D eigenvalue weighted by Gasteiger charge is 2.50. The molecular formula is C18H24N2O5S. The molecule has 1 unspecified atom stereocenters. The Morgan fingerprint density at radius 2 is 1.85 bits per heavy atom. The van der Waals surface area contributed by atoms with Gasteiger partial charge in [-0.25, -0.2) is 4.79 Å². The Morgan fingerprint density at radius 1 is 1.23 bits per heavy atom. The molecular weight excluding hydrogens is 356 g/mol. The number of benzene rings is 1. The summed E-state index contributed by atoms with van der Waals surface area (Å²) in [7, 11) is 0. The minimum atomic E-state index is -1.29. The first-order valence-electron chi connectivity index (χ1n) is 8.29. The minimum Gasteiger partial charge on any atom is -0.480 e. The summed E-state index contributed by atoms with van der Waals surface area (Å²) in [6, 6.07) is 9.22. The predicted octanol–water partition coefficient (Wildman–Crippen LogP) is 2.66. The quantitative estimate of drug-likeness (QED) is 0.864. The number of hydrogen-bond acceptors (Lipinski definition) is 5. The highest BCUT2D eigenvalue weighted by molar-refractivity contribution is 8.01. The Hall–Kier alpha value is -2.22. The van der Waals surface area contributed by atoms with E-state index in [9.17, 15) is 14.4 Å². The van der Waals surface area contributed by atoms with E-state index in [0.29, 0.717) is 0 Å². The van der Waals surface area contributed by atoms with Crippen LogP contribution in [0.2, 0.25) is 0 Å². The van der Waals surface area contributed by atoms with Crippen molar-refractivity contribution in [3.8, 4) is 0 Å². The number of thioether (sulfide) groups is 1. The number of carbonyl (C=O) groups excluding carboxylic acids is 2. The number of amides is 2. The molecule has 0 aliphatic carbocycles. The standard InChI is InChI=1S/C18H24N2O5S/c1-17(2,3)25-16(24)20-11-10-19(12-14(21)22)15(23)18(20,4)26-13-8-6-5-7-9-13/h5-9H,10-12H2,1-4H3,(H,21,22). The lowest BCUT2D eigenvalue weighted by Gasteiger charge is -2.46. The van der Waals surface area contributed by atoms with Crippen LogP contribution in [0.4, 0.5) is 4.79 Å². The molecule has 26 heavy (non-hydrogen) atoms. The van der Waals surface area contributed by atoms with Gasteiger partial charge in [0, 0.05) is 18.0 Å². The number of nitrogens with zero attached hydrogens (tertiary/aromatic N) is 2. The largest absolute Gasteiger partial charge is 0.480 e. The summed E-state index contributed by atoms with van der Waals surface area (Å²) < 4.78 is 5.46. The Morgan fingerprint density at radius 3 is 2.38 bits per heavy atom. The van der Waals surface area contributed by atoms with E-state index in [1.165, 1.54) is 21.6 Å². The van der Waals surface area contributed by atoms with Gasteiger partial charge in [0.1, 0.15) is 12.1 Å². The molecule has 1 heterocycles. The van der Waals surface area contributed by atoms with Gasteiger partial charge in [0.15, 0.2) is 4.87 Å². The third kappa shape index (κ3) is 4.69. The van der Waals surface area contributed by atoms with Crippen LogP contribution in [0.3, 0.4) is 0 Å². The Balaban J connectivity index is 2.35. The van der Waals surface area contributed by atoms with Gasteiger partial charge in [0.05, 0.1) is 0 Å². The van der Waals surface area contributed by atoms with E-state index in [1.807, 2.05) is 30.3 Å². The third-order valence-electron chi connectivity index (χ3n) is 3.79. The fourth-order valence-electron chi connectivity index (χ4n) is 2.66. The normalized spacial score (nSPS) is 20.8. The first-order chi connectivity index (χ1) is 12.0. The predicted molar refractivity (Wildman–Crippen MR) is 97.9 cm³/mol. The Bertz CT molecular complexity index is 689. The van der Waals surface area contributed by atoms with E-state index in [2.05, 4.69) is 0 Å². The van der Waals surface area contributed by atoms with Gasteiger partial charge < -0.3 is 14.7 Å². The van der Waals surface area contributed by atoms with Gasteiger partial charge in [0.2, 0.25) is 0 Å². The Labute approximate surface area is 157 Å². The lowest BCUT2D eigenvalue weighted by Crippen LogP contribution is -2.65. The van der Waals surface area contributed by atoms with Crippen molar-refractivity contribution in [3.63, 3.8) is 0 Å². The molecule has 1 atom stereocenters. The van der Waals surface area contributed by atoms with Crippen LogP contribution in [0.25, 0.3) is 0 Å². The Kier molecular flexibility index (Phi) is 5.85. The van der Waals surface area contributed by atoms with Crippen LogP contribution in [-0.4, -0.2) is 63.0 Å². The van der Waals surface area contributed by atoms with Gasteiger partial charge in [-0.05, 0) is 39.8 Å². The fourth-order valence-corrected chi connectivity index (χ4v) is 3.90. The molecule has 0 spiro atoms. The molecule has 1 saturated heterocycles. The molecule has 1 aliphatic rings. The van der Waals surface area contributed by atoms with E-state index < -0.39 is 35.0 Å². The van der Waals surface area contributed by atoms with Crippen LogP contribution in [0.15, 0.2) is 35.2 Å². The van der Waals surface area contributed by atoms with Crippen LogP contribution in [0.5, 0.6) is 0 Å². The zero-order chi connectivity index (χ0) is 19.5. The van der Waals surface area contributed by atoms with Crippen LogP contribution in [0.1, 0.15) is 27.7 Å². The summed E-state index contributed by atoms with van der Waals surface area (Å²) in [6.45, 7) is 6.86. The summed E-state index contributed by atoms with van der Waals surface area (Å²) in [5.74, 6) is -1.51. The summed E-state index contributed by atoms with van der Waals surface area (Å²) >= 11 is 1.21. The smallest absolute Gasteiger partial charge is 0.411 e. The van der Waals surface area contributed by atoms with Crippen molar-refractivity contribution in [1.29, 1.82) is 0 Å². The number of carboxylic acids is 1. The zero-order valence-electron chi connectivity index (χ0n) is 15.4. The van der Waals surface area contributed by atoms with E-state index in [4.69, 9.17) is 9.84 Å². The maximum Gasteiger partial charge on any atom is 0.411 e. The molecule has 0 aromatic heterocycles. The van der Waals surface area contributed by atoms with Gasteiger partial charge in [-0.3, -0.25) is 14.5 Å². The molecule has 1 aromatic carbocycles. The summed E-state index contributed by atoms with van der Waals surface area (Å²) in [5.41, 5.74) is -0.698. The lowest BCUT2D eigenvalue weighted by atomic mass is 10.1. The van der Waals surface area contributed by atoms with Gasteiger partial charge in [-0.15, -0.1) is 0 Å². The minimum absolute atomic E-state index is 0.148. The molecule has 7 nitrogen and oxygen atoms in total. The van der Waals surface area contributed by atoms with Gasteiger partial charge >= 0.3 is 12.1 Å². The second-order valence-corrected chi connectivity index (χ2v) is 8.62. The van der Waals surface area contributed by atoms with Crippen molar-refractivity contribution in [3.05, 3.63) is 30.3 Å². The van der Waals surface area contributed by atoms with Crippen LogP contribution in [-0.2, 0) is 14.3 Å². The van der Waals surface area contributed by atoms with E-state index in [1.54, 1.807) is 27.7 Å². The number of piperazine rings is 1. The zero-order valence-corrected chi connectivity index (χ0v) is 16.2. The average Bonchev–Trinajstić information content (AvgIpc) is 2.51. The maximum absolute atomic E-state index is 13.1. The SMILES string of the molecule is CC(C)(C)OC(=O)N1CCN(CC(=O)O)C(=O)C1(C)Sc1ccccc1. The molecule has 8 heteroatoms. The van der Waals surface area contributed by atoms with Gasteiger partial charge in [0.25, 0.3) is 5.91 Å². The van der Waals surface area contributed by atoms with Crippen LogP contribution in [0, 0.1) is 0 Å². The maximum atomic E-state index is 13.1. The molecule has 0 saturated carbocycles. The second-order valence-electron chi connectivity index (χ2n) is 7.15. The third-order valence-corrected chi connectivity index (χ3v) is 5.09. The van der Waals surface area contributed by atoms with Crippen molar-refractivity contribution >= 4 is 29.7 Å². The monoisotopic (exact) mass is 380 g/mol. The first-order valence-corrected chi connectivity index (χ1v) is 9.10. The number of hydrogen-bond donors (Lipinski definition) is 1. The van der Waals surface area contributed by atoms with Crippen molar-refractivity contribution in [1.82, 2.24) is 9.80 Å². The number of carboxylic acid groups (broad SMARTS) is 1. The van der Waals surface area contributed by atoms with Crippen LogP contribution < -0.4 is 0 Å². The summed E-state index contributed by atoms with van der Waals surface area (Å²) in [6.07, 6.45) is -0.591. The molecule has 0 bridgehead atoms. The number of aliphatic carboxylic acids is 1. The lowest BCUT2D eigenvalue weighted by molar-refractivity contribution is -0.150. The first kappa shape index (κ1) is 20.1. The second kappa shape index (κ2) is 7.57. The van der Waals surface area contributed by atoms with E-state index in [0.717, 1.165) is 4.90 Å². The number of carbonyl (C=O) groups is 3. The van der Waals surface area contributed by atoms with Gasteiger partial charge in [-0.1, -0.05) is 30.0 Å². The molecule has 0 radical (unpaired) electrons. The van der Waals surface area contributed by atoms with Crippen molar-refractivity contribution in [2.75, 3.05) is 19.6 Å². The molecule has 2 amide bonds. The highest BCUT2D eigenvalue weighted by Crippen LogP contribution is 2.40. The number of ether oxygens (including phenoxy) is 1. The van der Waals surface area contributed by atoms with Gasteiger partial charge in [-0.2, -0.15) is 0 Å². The average molecular weight is 380 g/mol. The molecule has 142 valence electrons.